The van der Waals surface area contributed by atoms with Gasteiger partial charge in [0.05, 0.1) is 19.8 Å². The van der Waals surface area contributed by atoms with Crippen LogP contribution >= 0.6 is 0 Å². The maximum Gasteiger partial charge on any atom is 0.349 e. The van der Waals surface area contributed by atoms with Gasteiger partial charge in [-0.15, -0.1) is 5.10 Å². The van der Waals surface area contributed by atoms with Crippen LogP contribution in [0.25, 0.3) is 5.82 Å². The van der Waals surface area contributed by atoms with Gasteiger partial charge in [-0.25, -0.2) is 18.6 Å². The number of aliphatic carboxylic acids is 1. The Labute approximate surface area is 220 Å². The van der Waals surface area contributed by atoms with Crippen molar-refractivity contribution in [2.45, 2.75) is 13.0 Å². The quantitative estimate of drug-likeness (QED) is 0.165. The minimum absolute atomic E-state index is 0.0541. The van der Waals surface area contributed by atoms with Crippen molar-refractivity contribution in [1.82, 2.24) is 19.7 Å². The zero-order chi connectivity index (χ0) is 28.7. The first kappa shape index (κ1) is 28.3. The third kappa shape index (κ3) is 6.74. The molecule has 0 bridgehead atoms. The summed E-state index contributed by atoms with van der Waals surface area (Å²) in [6, 6.07) is 10.8. The average Bonchev–Trinajstić information content (AvgIpc) is 3.27. The third-order valence-corrected chi connectivity index (χ3v) is 5.16. The number of nitrogens with one attached hydrogen (secondary N) is 3. The highest BCUT2D eigenvalue weighted by Gasteiger charge is 2.23. The fourth-order valence-corrected chi connectivity index (χ4v) is 3.48. The Bertz CT molecular complexity index is 1550. The van der Waals surface area contributed by atoms with Gasteiger partial charge in [0.15, 0.2) is 29.0 Å². The van der Waals surface area contributed by atoms with Gasteiger partial charge in [0.1, 0.15) is 17.7 Å². The number of anilines is 1. The SMILES string of the molecule is CC(=O)O.COc1ccc(C(Nc2ccc(C(=N)N)c(F)c2)c2nn(-c3ncccc3F)c(=O)[nH]2)cc1OC. The molecule has 0 spiro atoms. The van der Waals surface area contributed by atoms with Gasteiger partial charge in [0.25, 0.3) is 5.97 Å². The number of carboxylic acids is 1. The molecule has 4 aromatic rings. The molecule has 0 aliphatic rings. The third-order valence-electron chi connectivity index (χ3n) is 5.16. The van der Waals surface area contributed by atoms with Crippen LogP contribution in [0.3, 0.4) is 0 Å². The summed E-state index contributed by atoms with van der Waals surface area (Å²) in [5, 5.41) is 22.2. The van der Waals surface area contributed by atoms with Crippen LogP contribution in [0.5, 0.6) is 11.5 Å². The zero-order valence-electron chi connectivity index (χ0n) is 21.0. The molecule has 0 fully saturated rings. The summed E-state index contributed by atoms with van der Waals surface area (Å²) in [6.07, 6.45) is 1.34. The maximum atomic E-state index is 14.5. The van der Waals surface area contributed by atoms with E-state index in [4.69, 9.17) is 30.5 Å². The van der Waals surface area contributed by atoms with Gasteiger partial charge >= 0.3 is 5.69 Å². The van der Waals surface area contributed by atoms with E-state index in [0.29, 0.717) is 22.7 Å². The summed E-state index contributed by atoms with van der Waals surface area (Å²) in [6.45, 7) is 1.08. The molecule has 12 nitrogen and oxygen atoms in total. The molecule has 0 saturated heterocycles. The van der Waals surface area contributed by atoms with E-state index in [9.17, 15) is 13.6 Å². The predicted octanol–water partition coefficient (Wildman–Crippen LogP) is 2.83. The van der Waals surface area contributed by atoms with Gasteiger partial charge in [-0.2, -0.15) is 4.68 Å². The van der Waals surface area contributed by atoms with Crippen LogP contribution in [0.4, 0.5) is 14.5 Å². The Morgan fingerprint density at radius 3 is 2.41 bits per heavy atom. The number of nitrogen functional groups attached to an aromatic ring is 1. The molecule has 6 N–H and O–H groups in total. The highest BCUT2D eigenvalue weighted by Crippen LogP contribution is 2.33. The lowest BCUT2D eigenvalue weighted by atomic mass is 10.0. The molecule has 0 saturated carbocycles. The van der Waals surface area contributed by atoms with Gasteiger partial charge in [0, 0.05) is 18.8 Å². The first-order chi connectivity index (χ1) is 18.5. The van der Waals surface area contributed by atoms with E-state index < -0.39 is 35.2 Å². The van der Waals surface area contributed by atoms with Crippen LogP contribution in [0.2, 0.25) is 0 Å². The van der Waals surface area contributed by atoms with Crippen molar-refractivity contribution >= 4 is 17.5 Å². The van der Waals surface area contributed by atoms with Crippen molar-refractivity contribution < 1.29 is 28.2 Å². The van der Waals surface area contributed by atoms with Gasteiger partial charge in [-0.1, -0.05) is 6.07 Å². The van der Waals surface area contributed by atoms with Gasteiger partial charge in [-0.3, -0.25) is 15.2 Å². The highest BCUT2D eigenvalue weighted by molar-refractivity contribution is 5.95. The molecule has 204 valence electrons. The number of ether oxygens (including phenoxy) is 2. The second kappa shape index (κ2) is 12.3. The number of amidine groups is 1. The van der Waals surface area contributed by atoms with Crippen molar-refractivity contribution in [3.63, 3.8) is 0 Å². The fraction of sp³-hybridized carbons (Fsp3) is 0.160. The number of H-pyrrole nitrogens is 1. The molecule has 2 aromatic carbocycles. The summed E-state index contributed by atoms with van der Waals surface area (Å²) in [4.78, 5) is 28.1. The number of benzene rings is 2. The molecule has 0 aliphatic carbocycles. The van der Waals surface area contributed by atoms with Crippen LogP contribution in [0.15, 0.2) is 59.5 Å². The number of nitrogens with zero attached hydrogens (tertiary/aromatic N) is 3. The summed E-state index contributed by atoms with van der Waals surface area (Å²) in [7, 11) is 2.97. The fourth-order valence-electron chi connectivity index (χ4n) is 3.48. The number of aromatic amines is 1. The zero-order valence-corrected chi connectivity index (χ0v) is 21.0. The van der Waals surface area contributed by atoms with Gasteiger partial charge in [0.2, 0.25) is 0 Å². The van der Waals surface area contributed by atoms with Crippen molar-refractivity contribution in [3.05, 3.63) is 93.8 Å². The van der Waals surface area contributed by atoms with E-state index in [1.807, 2.05) is 0 Å². The molecule has 1 atom stereocenters. The molecule has 0 amide bonds. The molecule has 39 heavy (non-hydrogen) atoms. The van der Waals surface area contributed by atoms with Crippen LogP contribution < -0.4 is 26.2 Å². The van der Waals surface area contributed by atoms with E-state index in [0.717, 1.165) is 23.7 Å². The molecule has 1 unspecified atom stereocenters. The normalized spacial score (nSPS) is 11.1. The minimum Gasteiger partial charge on any atom is -0.493 e. The number of methoxy groups -OCH3 is 2. The summed E-state index contributed by atoms with van der Waals surface area (Å²) in [5.74, 6) is -1.97. The first-order valence-corrected chi connectivity index (χ1v) is 11.2. The molecular weight excluding hydrogens is 516 g/mol. The average molecular weight is 542 g/mol. The van der Waals surface area contributed by atoms with E-state index in [2.05, 4.69) is 20.4 Å². The van der Waals surface area contributed by atoms with Gasteiger partial charge in [-0.05, 0) is 48.0 Å². The lowest BCUT2D eigenvalue weighted by Gasteiger charge is -2.20. The number of halogens is 2. The van der Waals surface area contributed by atoms with E-state index in [1.54, 1.807) is 18.2 Å². The van der Waals surface area contributed by atoms with Crippen LogP contribution in [0.1, 0.15) is 29.9 Å². The topological polar surface area (TPSA) is 181 Å². The molecule has 2 heterocycles. The maximum absolute atomic E-state index is 14.5. The second-order valence-corrected chi connectivity index (χ2v) is 7.86. The molecule has 14 heteroatoms. The van der Waals surface area contributed by atoms with Crippen LogP contribution in [-0.4, -0.2) is 50.9 Å². The molecular formula is C25H25F2N7O5. The van der Waals surface area contributed by atoms with E-state index in [1.165, 1.54) is 38.6 Å². The molecule has 0 radical (unpaired) electrons. The Kier molecular flexibility index (Phi) is 8.94. The number of carboxylic acid groups (broad SMARTS) is 1. The Morgan fingerprint density at radius 1 is 1.13 bits per heavy atom. The monoisotopic (exact) mass is 541 g/mol. The van der Waals surface area contributed by atoms with Crippen molar-refractivity contribution in [1.29, 1.82) is 5.41 Å². The predicted molar refractivity (Wildman–Crippen MR) is 138 cm³/mol. The van der Waals surface area contributed by atoms with Gasteiger partial charge < -0.3 is 25.6 Å². The standard InChI is InChI=1S/C23H21F2N7O3.C2H4O2/c1-34-17-8-5-12(10-18(17)35-2)19(29-13-6-7-14(20(26)27)16(25)11-13)21-30-23(33)32(31-21)22-15(24)4-3-9-28-22;1-2(3)4/h3-11,19,29H,1-2H3,(H3,26,27)(H,30,31,33);1H3,(H,3,4). The molecule has 0 aliphatic heterocycles. The minimum atomic E-state index is -0.835. The number of carbonyl (C=O) groups is 1. The molecule has 4 rings (SSSR count). The van der Waals surface area contributed by atoms with Crippen LogP contribution in [-0.2, 0) is 4.79 Å². The Balaban J connectivity index is 0.000000983. The van der Waals surface area contributed by atoms with Crippen LogP contribution in [0, 0.1) is 17.0 Å². The summed E-state index contributed by atoms with van der Waals surface area (Å²) in [5.41, 5.74) is 5.51. The lowest BCUT2D eigenvalue weighted by molar-refractivity contribution is -0.134. The van der Waals surface area contributed by atoms with E-state index in [-0.39, 0.29) is 17.2 Å². The van der Waals surface area contributed by atoms with Crippen molar-refractivity contribution in [2.24, 2.45) is 5.73 Å². The summed E-state index contributed by atoms with van der Waals surface area (Å²) >= 11 is 0. The van der Waals surface area contributed by atoms with Crippen molar-refractivity contribution in [2.75, 3.05) is 19.5 Å². The second-order valence-electron chi connectivity index (χ2n) is 7.86. The Morgan fingerprint density at radius 2 is 1.82 bits per heavy atom. The number of hydrogen-bond donors (Lipinski definition) is 5. The lowest BCUT2D eigenvalue weighted by Crippen LogP contribution is -2.18. The summed E-state index contributed by atoms with van der Waals surface area (Å²) < 4.78 is 40.2. The number of aromatic nitrogens is 4. The Hall–Kier alpha value is -5.27. The largest absolute Gasteiger partial charge is 0.493 e. The van der Waals surface area contributed by atoms with E-state index >= 15 is 0 Å². The molecule has 2 aromatic heterocycles. The number of rotatable bonds is 8. The number of pyridine rings is 1. The first-order valence-electron chi connectivity index (χ1n) is 11.2. The van der Waals surface area contributed by atoms with Crippen molar-refractivity contribution in [3.8, 4) is 17.3 Å². The number of hydrogen-bond acceptors (Lipinski definition) is 8. The smallest absolute Gasteiger partial charge is 0.349 e. The highest BCUT2D eigenvalue weighted by atomic mass is 19.1. The number of nitrogens with two attached hydrogens (primary N) is 1.